The summed E-state index contributed by atoms with van der Waals surface area (Å²) >= 11 is 5.54. The fourth-order valence-corrected chi connectivity index (χ4v) is 3.14. The van der Waals surface area contributed by atoms with Crippen molar-refractivity contribution in [2.75, 3.05) is 84.9 Å². The SMILES string of the molecule is NCCCCOCCCCNCOCCCCNCCCCOCCCCNCC(O)CCl. The number of ether oxygens (including phenoxy) is 3. The smallest absolute Gasteiger partial charge is 0.0965 e. The standard InChI is InChI=1S/C24H53ClN4O4/c25-21-24(30)22-28-14-4-8-18-32-17-7-2-12-27-13-3-10-20-33-23-29-15-5-9-19-31-16-6-1-11-26/h24,27-30H,1-23,26H2. The fraction of sp³-hybridized carbons (Fsp3) is 1.00. The Labute approximate surface area is 208 Å². The van der Waals surface area contributed by atoms with E-state index >= 15 is 0 Å². The minimum Gasteiger partial charge on any atom is -0.391 e. The molecule has 0 bridgehead atoms. The molecule has 1 atom stereocenters. The Bertz CT molecular complexity index is 360. The second-order valence-corrected chi connectivity index (χ2v) is 8.67. The first-order valence-electron chi connectivity index (χ1n) is 13.1. The van der Waals surface area contributed by atoms with E-state index in [1.165, 1.54) is 0 Å². The van der Waals surface area contributed by atoms with E-state index in [0.717, 1.165) is 130 Å². The van der Waals surface area contributed by atoms with Gasteiger partial charge in [0.2, 0.25) is 0 Å². The highest BCUT2D eigenvalue weighted by molar-refractivity contribution is 6.18. The summed E-state index contributed by atoms with van der Waals surface area (Å²) in [5, 5.41) is 19.3. The molecule has 0 aromatic carbocycles. The zero-order valence-corrected chi connectivity index (χ0v) is 21.7. The van der Waals surface area contributed by atoms with Gasteiger partial charge in [0.25, 0.3) is 0 Å². The zero-order chi connectivity index (χ0) is 24.1. The second-order valence-electron chi connectivity index (χ2n) is 8.36. The molecular weight excluding hydrogens is 444 g/mol. The van der Waals surface area contributed by atoms with E-state index in [1.54, 1.807) is 0 Å². The van der Waals surface area contributed by atoms with Gasteiger partial charge in [0.1, 0.15) is 0 Å². The average Bonchev–Trinajstić information content (AvgIpc) is 2.83. The predicted molar refractivity (Wildman–Crippen MR) is 138 cm³/mol. The highest BCUT2D eigenvalue weighted by atomic mass is 35.5. The molecule has 0 aliphatic rings. The number of hydrogen-bond acceptors (Lipinski definition) is 8. The lowest BCUT2D eigenvalue weighted by molar-refractivity contribution is 0.109. The summed E-state index contributed by atoms with van der Waals surface area (Å²) in [6.45, 7) is 10.1. The molecule has 0 aliphatic carbocycles. The number of halogens is 1. The molecule has 0 amide bonds. The summed E-state index contributed by atoms with van der Waals surface area (Å²) in [6.07, 6.45) is 10.5. The quantitative estimate of drug-likeness (QED) is 0.0609. The van der Waals surface area contributed by atoms with Gasteiger partial charge in [-0.25, -0.2) is 0 Å². The summed E-state index contributed by atoms with van der Waals surface area (Å²) in [7, 11) is 0. The molecule has 1 unspecified atom stereocenters. The monoisotopic (exact) mass is 496 g/mol. The minimum atomic E-state index is -0.449. The summed E-state index contributed by atoms with van der Waals surface area (Å²) in [6, 6.07) is 0. The van der Waals surface area contributed by atoms with E-state index in [9.17, 15) is 5.11 Å². The van der Waals surface area contributed by atoms with Crippen molar-refractivity contribution in [1.29, 1.82) is 0 Å². The Morgan fingerprint density at radius 1 is 0.606 bits per heavy atom. The van der Waals surface area contributed by atoms with E-state index in [-0.39, 0.29) is 5.88 Å². The molecule has 0 saturated carbocycles. The maximum absolute atomic E-state index is 9.31. The molecule has 0 aromatic heterocycles. The summed E-state index contributed by atoms with van der Waals surface area (Å²) < 4.78 is 16.8. The van der Waals surface area contributed by atoms with Gasteiger partial charge in [0.15, 0.2) is 0 Å². The number of unbranched alkanes of at least 4 members (excludes halogenated alkanes) is 5. The number of alkyl halides is 1. The van der Waals surface area contributed by atoms with Crippen LogP contribution in [-0.4, -0.2) is 96.1 Å². The maximum Gasteiger partial charge on any atom is 0.0965 e. The van der Waals surface area contributed by atoms with E-state index in [0.29, 0.717) is 13.3 Å². The Morgan fingerprint density at radius 2 is 1.06 bits per heavy atom. The predicted octanol–water partition coefficient (Wildman–Crippen LogP) is 2.22. The van der Waals surface area contributed by atoms with Crippen LogP contribution in [0.1, 0.15) is 64.2 Å². The highest BCUT2D eigenvalue weighted by Gasteiger charge is 1.99. The molecule has 0 saturated heterocycles. The van der Waals surface area contributed by atoms with E-state index in [1.807, 2.05) is 0 Å². The van der Waals surface area contributed by atoms with Crippen LogP contribution in [0.25, 0.3) is 0 Å². The topological polar surface area (TPSA) is 110 Å². The first-order chi connectivity index (χ1) is 16.3. The summed E-state index contributed by atoms with van der Waals surface area (Å²) in [4.78, 5) is 0. The van der Waals surface area contributed by atoms with Crippen LogP contribution in [0.15, 0.2) is 0 Å². The van der Waals surface area contributed by atoms with Crippen molar-refractivity contribution in [3.05, 3.63) is 0 Å². The van der Waals surface area contributed by atoms with Gasteiger partial charge in [0, 0.05) is 45.5 Å². The number of nitrogens with one attached hydrogen (secondary N) is 3. The van der Waals surface area contributed by atoms with Crippen LogP contribution in [0.3, 0.4) is 0 Å². The number of rotatable bonds is 29. The Hall–Kier alpha value is -0.0300. The lowest BCUT2D eigenvalue weighted by Gasteiger charge is -2.09. The van der Waals surface area contributed by atoms with Gasteiger partial charge in [-0.15, -0.1) is 11.6 Å². The van der Waals surface area contributed by atoms with Crippen LogP contribution >= 0.6 is 11.6 Å². The van der Waals surface area contributed by atoms with Crippen molar-refractivity contribution < 1.29 is 19.3 Å². The van der Waals surface area contributed by atoms with Crippen molar-refractivity contribution in [1.82, 2.24) is 16.0 Å². The van der Waals surface area contributed by atoms with Gasteiger partial charge in [0.05, 0.1) is 12.8 Å². The molecule has 0 fully saturated rings. The van der Waals surface area contributed by atoms with Crippen LogP contribution in [0.2, 0.25) is 0 Å². The van der Waals surface area contributed by atoms with Gasteiger partial charge in [-0.3, -0.25) is 5.32 Å². The van der Waals surface area contributed by atoms with Crippen molar-refractivity contribution in [2.45, 2.75) is 70.3 Å². The zero-order valence-electron chi connectivity index (χ0n) is 21.0. The number of aliphatic hydroxyl groups is 1. The van der Waals surface area contributed by atoms with Crippen LogP contribution in [-0.2, 0) is 14.2 Å². The molecule has 33 heavy (non-hydrogen) atoms. The van der Waals surface area contributed by atoms with Crippen molar-refractivity contribution in [3.63, 3.8) is 0 Å². The van der Waals surface area contributed by atoms with E-state index < -0.39 is 6.10 Å². The summed E-state index contributed by atoms with van der Waals surface area (Å²) in [5.41, 5.74) is 5.45. The molecule has 0 aliphatic heterocycles. The lowest BCUT2D eigenvalue weighted by atomic mass is 10.3. The number of aliphatic hydroxyl groups excluding tert-OH is 1. The molecule has 0 spiro atoms. The van der Waals surface area contributed by atoms with E-state index in [4.69, 9.17) is 31.5 Å². The molecule has 6 N–H and O–H groups in total. The Balaban J connectivity index is 3.01. The first-order valence-corrected chi connectivity index (χ1v) is 13.6. The Kier molecular flexibility index (Phi) is 30.0. The van der Waals surface area contributed by atoms with Crippen LogP contribution in [0.4, 0.5) is 0 Å². The van der Waals surface area contributed by atoms with Gasteiger partial charge < -0.3 is 35.7 Å². The molecular formula is C24H53ClN4O4. The molecule has 8 nitrogen and oxygen atoms in total. The molecule has 0 heterocycles. The van der Waals surface area contributed by atoms with Crippen LogP contribution < -0.4 is 21.7 Å². The Morgan fingerprint density at radius 3 is 1.58 bits per heavy atom. The minimum absolute atomic E-state index is 0.283. The van der Waals surface area contributed by atoms with Crippen molar-refractivity contribution >= 4 is 11.6 Å². The van der Waals surface area contributed by atoms with Crippen LogP contribution in [0, 0.1) is 0 Å². The van der Waals surface area contributed by atoms with Gasteiger partial charge in [-0.1, -0.05) is 0 Å². The largest absolute Gasteiger partial charge is 0.391 e. The van der Waals surface area contributed by atoms with Crippen LogP contribution in [0.5, 0.6) is 0 Å². The first kappa shape index (κ1) is 33.0. The van der Waals surface area contributed by atoms with Gasteiger partial charge in [-0.05, 0) is 96.9 Å². The van der Waals surface area contributed by atoms with Gasteiger partial charge in [-0.2, -0.15) is 0 Å². The third kappa shape index (κ3) is 29.9. The highest BCUT2D eigenvalue weighted by Crippen LogP contribution is 1.95. The number of hydrogen-bond donors (Lipinski definition) is 5. The maximum atomic E-state index is 9.31. The molecule has 0 aromatic rings. The summed E-state index contributed by atoms with van der Waals surface area (Å²) in [5.74, 6) is 0.283. The number of nitrogens with two attached hydrogens (primary N) is 1. The normalized spacial score (nSPS) is 12.5. The third-order valence-corrected chi connectivity index (χ3v) is 5.43. The van der Waals surface area contributed by atoms with Gasteiger partial charge >= 0.3 is 0 Å². The fourth-order valence-electron chi connectivity index (χ4n) is 3.03. The second kappa shape index (κ2) is 30.0. The molecule has 9 heteroatoms. The molecule has 0 radical (unpaired) electrons. The third-order valence-electron chi connectivity index (χ3n) is 5.07. The average molecular weight is 497 g/mol. The molecule has 200 valence electrons. The molecule has 0 rings (SSSR count). The van der Waals surface area contributed by atoms with Crippen molar-refractivity contribution in [2.24, 2.45) is 5.73 Å². The lowest BCUT2D eigenvalue weighted by Crippen LogP contribution is -2.28. The van der Waals surface area contributed by atoms with E-state index in [2.05, 4.69) is 16.0 Å². The van der Waals surface area contributed by atoms with Crippen molar-refractivity contribution in [3.8, 4) is 0 Å².